The average Bonchev–Trinajstić information content (AvgIpc) is 3.55. The first kappa shape index (κ1) is 42.8. The molecular formula is C43H74N4O8. The number of ether oxygens (including phenoxy) is 2. The molecule has 0 radical (unpaired) electrons. The van der Waals surface area contributed by atoms with Gasteiger partial charge in [-0.2, -0.15) is 5.06 Å². The number of fused-ring (bicyclic) bond motifs is 2. The Kier molecular flexibility index (Phi) is 14.3. The second-order valence-electron chi connectivity index (χ2n) is 19.5. The van der Waals surface area contributed by atoms with E-state index in [2.05, 4.69) is 50.4 Å². The number of nitrogens with zero attached hydrogens (tertiary/aromatic N) is 2. The molecule has 7 fully saturated rings. The minimum Gasteiger partial charge on any atom is -0.464 e. The van der Waals surface area contributed by atoms with E-state index < -0.39 is 24.2 Å². The first-order chi connectivity index (χ1) is 26.2. The third-order valence-electron chi connectivity index (χ3n) is 15.8. The maximum Gasteiger partial charge on any atom is 0.325 e. The maximum absolute atomic E-state index is 14.3. The van der Waals surface area contributed by atoms with Crippen LogP contribution in [0.2, 0.25) is 0 Å². The monoisotopic (exact) mass is 775 g/mol. The lowest BCUT2D eigenvalue weighted by Crippen LogP contribution is -2.62. The topological polar surface area (TPSA) is 150 Å². The predicted molar refractivity (Wildman–Crippen MR) is 209 cm³/mol. The number of hydrogen-bond donors (Lipinski definition) is 4. The third-order valence-corrected chi connectivity index (χ3v) is 15.8. The molecule has 6 saturated carbocycles. The van der Waals surface area contributed by atoms with E-state index in [9.17, 15) is 24.6 Å². The molecule has 0 aromatic carbocycles. The molecule has 6 aliphatic carbocycles. The molecule has 4 N–H and O–H groups in total. The van der Waals surface area contributed by atoms with E-state index in [4.69, 9.17) is 14.3 Å². The molecule has 7 aliphatic rings. The van der Waals surface area contributed by atoms with Crippen LogP contribution >= 0.6 is 0 Å². The predicted octanol–water partition coefficient (Wildman–Crippen LogP) is 4.16. The summed E-state index contributed by atoms with van der Waals surface area (Å²) >= 11 is 0. The van der Waals surface area contributed by atoms with Crippen LogP contribution in [0.25, 0.3) is 0 Å². The van der Waals surface area contributed by atoms with Crippen molar-refractivity contribution in [3.05, 3.63) is 0 Å². The van der Waals surface area contributed by atoms with E-state index in [1.807, 2.05) is 0 Å². The molecule has 7 rings (SSSR count). The number of hydroxylamine groups is 2. The van der Waals surface area contributed by atoms with Crippen molar-refractivity contribution in [2.24, 2.45) is 58.7 Å². The summed E-state index contributed by atoms with van der Waals surface area (Å²) < 4.78 is 11.9. The van der Waals surface area contributed by atoms with Crippen LogP contribution in [-0.2, 0) is 28.7 Å². The Morgan fingerprint density at radius 3 is 2.36 bits per heavy atom. The number of hydrogen-bond acceptors (Lipinski definition) is 10. The van der Waals surface area contributed by atoms with Crippen LogP contribution < -0.4 is 10.6 Å². The first-order valence-electron chi connectivity index (χ1n) is 21.9. The second-order valence-corrected chi connectivity index (χ2v) is 19.5. The van der Waals surface area contributed by atoms with E-state index in [1.165, 1.54) is 25.7 Å². The Bertz CT molecular complexity index is 1310. The van der Waals surface area contributed by atoms with Crippen molar-refractivity contribution in [2.75, 3.05) is 47.5 Å². The van der Waals surface area contributed by atoms with Gasteiger partial charge in [-0.25, -0.2) is 0 Å². The normalized spacial score (nSPS) is 39.9. The van der Waals surface area contributed by atoms with Crippen molar-refractivity contribution < 1.29 is 38.9 Å². The number of carbonyl (C=O) groups is 3. The molecule has 0 aromatic rings. The maximum atomic E-state index is 14.3. The molecule has 55 heavy (non-hydrogen) atoms. The minimum absolute atomic E-state index is 0.0548. The first-order valence-corrected chi connectivity index (χ1v) is 21.9. The van der Waals surface area contributed by atoms with Crippen LogP contribution in [0.3, 0.4) is 0 Å². The number of esters is 1. The van der Waals surface area contributed by atoms with E-state index in [-0.39, 0.29) is 72.8 Å². The smallest absolute Gasteiger partial charge is 0.325 e. The largest absolute Gasteiger partial charge is 0.464 e. The fourth-order valence-corrected chi connectivity index (χ4v) is 12.3. The zero-order chi connectivity index (χ0) is 39.6. The van der Waals surface area contributed by atoms with Gasteiger partial charge in [-0.1, -0.05) is 46.5 Å². The molecular weight excluding hydrogens is 700 g/mol. The highest BCUT2D eigenvalue weighted by Gasteiger charge is 2.58. The summed E-state index contributed by atoms with van der Waals surface area (Å²) in [5, 5.41) is 29.5. The van der Waals surface area contributed by atoms with Crippen molar-refractivity contribution in [1.82, 2.24) is 20.6 Å². The molecule has 0 spiro atoms. The lowest BCUT2D eigenvalue weighted by molar-refractivity contribution is -0.193. The van der Waals surface area contributed by atoms with Crippen molar-refractivity contribution >= 4 is 17.8 Å². The standard InChI is InChI=1S/C43H74N4O8/c1-25-34-19-31(43(34,3)4)20-35(25)45-42(52)39-38(26(2)49)36(23-48)55-47(39)22-28-14-11-15-33(40(28)53-7)29-16-30(18-32(17-29)46(5)6)41(51)44-21-37(50)54-24-27-12-9-8-10-13-27/h25-36,38-40,48-49H,8-24H2,1-7H3,(H,44,51)(H,45,52)/t25-,26-,28?,29?,30?,31+,32?,33?,34-,35-,36-,38-,39-,40?/m0/s1. The van der Waals surface area contributed by atoms with Crippen molar-refractivity contribution in [3.63, 3.8) is 0 Å². The lowest BCUT2D eigenvalue weighted by atomic mass is 9.45. The summed E-state index contributed by atoms with van der Waals surface area (Å²) in [5.41, 5.74) is 0.302. The Morgan fingerprint density at radius 2 is 1.73 bits per heavy atom. The molecule has 2 amide bonds. The second kappa shape index (κ2) is 18.4. The molecule has 1 heterocycles. The summed E-state index contributed by atoms with van der Waals surface area (Å²) in [4.78, 5) is 49.1. The van der Waals surface area contributed by atoms with Crippen molar-refractivity contribution in [2.45, 2.75) is 148 Å². The third kappa shape index (κ3) is 9.40. The summed E-state index contributed by atoms with van der Waals surface area (Å²) in [6.45, 7) is 9.16. The lowest BCUT2D eigenvalue weighted by Gasteiger charge is -2.62. The Hall–Kier alpha value is -1.83. The number of methoxy groups -OCH3 is 1. The zero-order valence-corrected chi connectivity index (χ0v) is 34.9. The molecule has 6 unspecified atom stereocenters. The van der Waals surface area contributed by atoms with E-state index in [0.29, 0.717) is 42.2 Å². The number of amides is 2. The van der Waals surface area contributed by atoms with Gasteiger partial charge in [0.25, 0.3) is 0 Å². The van der Waals surface area contributed by atoms with Crippen LogP contribution in [0.15, 0.2) is 0 Å². The number of carbonyl (C=O) groups excluding carboxylic acids is 3. The number of rotatable bonds is 14. The number of nitrogens with one attached hydrogen (secondary N) is 2. The van der Waals surface area contributed by atoms with Gasteiger partial charge in [0.1, 0.15) is 18.7 Å². The number of aliphatic hydroxyl groups excluding tert-OH is 2. The van der Waals surface area contributed by atoms with Gasteiger partial charge in [-0.15, -0.1) is 0 Å². The summed E-state index contributed by atoms with van der Waals surface area (Å²) in [7, 11) is 5.92. The molecule has 2 bridgehead atoms. The highest BCUT2D eigenvalue weighted by Crippen LogP contribution is 2.61. The molecule has 1 saturated heterocycles. The van der Waals surface area contributed by atoms with Gasteiger partial charge in [0, 0.05) is 43.5 Å². The van der Waals surface area contributed by atoms with Gasteiger partial charge in [-0.3, -0.25) is 19.2 Å². The van der Waals surface area contributed by atoms with Gasteiger partial charge in [-0.05, 0) is 120 Å². The zero-order valence-electron chi connectivity index (χ0n) is 34.9. The average molecular weight is 775 g/mol. The van der Waals surface area contributed by atoms with Crippen LogP contribution in [0.4, 0.5) is 0 Å². The van der Waals surface area contributed by atoms with E-state index >= 15 is 0 Å². The SMILES string of the molecule is COC1C(CN2O[C@@H](CO)[C@H]([C@H](C)O)[C@H]2C(=O)N[C@H]2C[C@H]3C[C@@H]([C@@H]2C)C3(C)C)CCCC1C1CC(C(=O)NCC(=O)OCC2CCCCC2)CC(N(C)C)C1. The summed E-state index contributed by atoms with van der Waals surface area (Å²) in [5.74, 6) is 1.09. The minimum atomic E-state index is -0.849. The van der Waals surface area contributed by atoms with Gasteiger partial charge in [0.05, 0.1) is 25.4 Å². The van der Waals surface area contributed by atoms with Crippen LogP contribution in [0.5, 0.6) is 0 Å². The molecule has 314 valence electrons. The molecule has 14 atom stereocenters. The number of aliphatic hydroxyl groups is 2. The van der Waals surface area contributed by atoms with Crippen molar-refractivity contribution in [3.8, 4) is 0 Å². The van der Waals surface area contributed by atoms with Gasteiger partial charge < -0.3 is 35.2 Å². The van der Waals surface area contributed by atoms with Crippen LogP contribution in [0.1, 0.15) is 111 Å². The van der Waals surface area contributed by atoms with Crippen molar-refractivity contribution in [1.29, 1.82) is 0 Å². The summed E-state index contributed by atoms with van der Waals surface area (Å²) in [6, 6.07) is -0.437. The van der Waals surface area contributed by atoms with Crippen LogP contribution in [0, 0.1) is 58.7 Å². The Balaban J connectivity index is 1.11. The highest BCUT2D eigenvalue weighted by atomic mass is 16.7. The fourth-order valence-electron chi connectivity index (χ4n) is 12.3. The van der Waals surface area contributed by atoms with Gasteiger partial charge >= 0.3 is 5.97 Å². The van der Waals surface area contributed by atoms with Gasteiger partial charge in [0.2, 0.25) is 11.8 Å². The van der Waals surface area contributed by atoms with E-state index in [1.54, 1.807) is 19.1 Å². The summed E-state index contributed by atoms with van der Waals surface area (Å²) in [6.07, 6.45) is 11.7. The Morgan fingerprint density at radius 1 is 0.982 bits per heavy atom. The fraction of sp³-hybridized carbons (Fsp3) is 0.930. The van der Waals surface area contributed by atoms with Gasteiger partial charge in [0.15, 0.2) is 0 Å². The molecule has 12 nitrogen and oxygen atoms in total. The van der Waals surface area contributed by atoms with E-state index in [0.717, 1.165) is 57.8 Å². The Labute approximate surface area is 330 Å². The molecule has 1 aliphatic heterocycles. The molecule has 0 aromatic heterocycles. The van der Waals surface area contributed by atoms with Crippen LogP contribution in [-0.4, -0.2) is 122 Å². The quantitative estimate of drug-likeness (QED) is 0.190. The molecule has 12 heteroatoms. The highest BCUT2D eigenvalue weighted by molar-refractivity contribution is 5.84.